The highest BCUT2D eigenvalue weighted by Crippen LogP contribution is 2.21. The second-order valence-electron chi connectivity index (χ2n) is 16.3. The van der Waals surface area contributed by atoms with E-state index >= 15 is 0 Å². The minimum Gasteiger partial charge on any atom is -0.508 e. The van der Waals surface area contributed by atoms with Crippen molar-refractivity contribution in [2.75, 3.05) is 0 Å². The fourth-order valence-electron chi connectivity index (χ4n) is 5.94. The van der Waals surface area contributed by atoms with E-state index in [0.717, 1.165) is 11.1 Å². The summed E-state index contributed by atoms with van der Waals surface area (Å²) in [6.07, 6.45) is -1.58. The maximum Gasteiger partial charge on any atom is 0.326 e. The van der Waals surface area contributed by atoms with E-state index in [0.29, 0.717) is 6.54 Å². The van der Waals surface area contributed by atoms with Crippen molar-refractivity contribution in [2.45, 2.75) is 117 Å². The molecule has 0 aromatic heterocycles. The summed E-state index contributed by atoms with van der Waals surface area (Å²) in [5.41, 5.74) is 6.46. The molecule has 0 heterocycles. The highest BCUT2D eigenvalue weighted by atomic mass is 16.4. The number of aromatic hydroxyl groups is 1. The molecule has 0 aliphatic rings. The van der Waals surface area contributed by atoms with Gasteiger partial charge in [-0.1, -0.05) is 90.9 Å². The summed E-state index contributed by atoms with van der Waals surface area (Å²) in [4.78, 5) is 104. The Balaban J connectivity index is 2.28. The monoisotopic (exact) mass is 825 g/mol. The molecule has 6 atom stereocenters. The van der Waals surface area contributed by atoms with Crippen LogP contribution in [0.1, 0.15) is 78.9 Å². The van der Waals surface area contributed by atoms with E-state index in [2.05, 4.69) is 31.9 Å². The summed E-state index contributed by atoms with van der Waals surface area (Å²) in [5, 5.41) is 44.3. The highest BCUT2D eigenvalue weighted by molar-refractivity contribution is 5.98. The van der Waals surface area contributed by atoms with Crippen LogP contribution in [-0.4, -0.2) is 99.0 Å². The van der Waals surface area contributed by atoms with Crippen molar-refractivity contribution in [2.24, 2.45) is 23.0 Å². The molecule has 0 saturated heterocycles. The van der Waals surface area contributed by atoms with Gasteiger partial charge in [-0.25, -0.2) is 4.79 Å². The Labute approximate surface area is 343 Å². The van der Waals surface area contributed by atoms with Crippen LogP contribution in [0.3, 0.4) is 0 Å². The van der Waals surface area contributed by atoms with Crippen LogP contribution in [0.15, 0.2) is 54.6 Å². The Bertz CT molecular complexity index is 1780. The molecule has 0 aliphatic heterocycles. The minimum atomic E-state index is -1.81. The van der Waals surface area contributed by atoms with E-state index < -0.39 is 114 Å². The molecule has 0 fully saturated rings. The van der Waals surface area contributed by atoms with Crippen LogP contribution in [0.2, 0.25) is 0 Å². The number of hydrogen-bond acceptors (Lipinski definition) is 10. The Hall–Kier alpha value is -6.04. The Morgan fingerprint density at radius 1 is 0.593 bits per heavy atom. The second-order valence-corrected chi connectivity index (χ2v) is 16.3. The standard InChI is InChI=1S/C41H59N7O11/c1-22(2)33(38(56)45-28(18-31(42)50)36(54)44-29(19-32(51)52)37(55)46-30(40(58)59)20-41(5,6)7)48-39(57)34(23(3)4)47-35(53)27(17-24-13-15-26(49)16-14-24)43-21-25-11-9-8-10-12-25/h8-16,22-23,27-30,33-34,43,49H,17-21H2,1-7H3,(H2,42,50)(H,44,54)(H,45,56)(H,46,55)(H,47,53)(H,48,57)(H,51,52)(H,58,59)/t27-,28-,29-,30-,33-,34-/m0/s1. The van der Waals surface area contributed by atoms with E-state index in [9.17, 15) is 53.7 Å². The van der Waals surface area contributed by atoms with Crippen molar-refractivity contribution >= 4 is 47.4 Å². The van der Waals surface area contributed by atoms with Gasteiger partial charge in [0.2, 0.25) is 35.4 Å². The number of aliphatic carboxylic acids is 2. The number of carboxylic acids is 2. The van der Waals surface area contributed by atoms with Gasteiger partial charge in [0.1, 0.15) is 36.0 Å². The molecular formula is C41H59N7O11. The van der Waals surface area contributed by atoms with Gasteiger partial charge in [0, 0.05) is 6.54 Å². The van der Waals surface area contributed by atoms with Gasteiger partial charge in [-0.15, -0.1) is 0 Å². The van der Waals surface area contributed by atoms with E-state index in [1.807, 2.05) is 30.3 Å². The molecule has 59 heavy (non-hydrogen) atoms. The number of nitrogens with one attached hydrogen (secondary N) is 6. The first-order valence-corrected chi connectivity index (χ1v) is 19.3. The molecule has 2 aromatic rings. The van der Waals surface area contributed by atoms with Crippen LogP contribution in [0.4, 0.5) is 0 Å². The number of carboxylic acid groups (broad SMARTS) is 2. The van der Waals surface area contributed by atoms with Crippen LogP contribution in [0, 0.1) is 17.3 Å². The maximum atomic E-state index is 13.8. The predicted molar refractivity (Wildman–Crippen MR) is 216 cm³/mol. The molecule has 6 amide bonds. The fraction of sp³-hybridized carbons (Fsp3) is 0.512. The van der Waals surface area contributed by atoms with Gasteiger partial charge in [0.25, 0.3) is 0 Å². The molecular weight excluding hydrogens is 766 g/mol. The van der Waals surface area contributed by atoms with E-state index in [1.165, 1.54) is 12.1 Å². The number of carbonyl (C=O) groups is 8. The largest absolute Gasteiger partial charge is 0.508 e. The van der Waals surface area contributed by atoms with Crippen molar-refractivity contribution in [3.05, 3.63) is 65.7 Å². The fourth-order valence-corrected chi connectivity index (χ4v) is 5.94. The highest BCUT2D eigenvalue weighted by Gasteiger charge is 2.36. The number of rotatable bonds is 23. The average Bonchev–Trinajstić information content (AvgIpc) is 3.13. The Morgan fingerprint density at radius 3 is 1.53 bits per heavy atom. The predicted octanol–water partition coefficient (Wildman–Crippen LogP) is 0.700. The summed E-state index contributed by atoms with van der Waals surface area (Å²) in [5.74, 6) is -9.47. The number of phenolic OH excluding ortho intramolecular Hbond substituents is 1. The van der Waals surface area contributed by atoms with Crippen LogP contribution in [-0.2, 0) is 51.3 Å². The van der Waals surface area contributed by atoms with Crippen molar-refractivity contribution in [3.63, 3.8) is 0 Å². The molecule has 324 valence electrons. The van der Waals surface area contributed by atoms with Crippen LogP contribution >= 0.6 is 0 Å². The summed E-state index contributed by atoms with van der Waals surface area (Å²) in [7, 11) is 0. The molecule has 2 aromatic carbocycles. The third-order valence-corrected chi connectivity index (χ3v) is 9.06. The normalized spacial score (nSPS) is 14.5. The number of amides is 6. The Morgan fingerprint density at radius 2 is 1.05 bits per heavy atom. The molecule has 11 N–H and O–H groups in total. The third kappa shape index (κ3) is 17.6. The van der Waals surface area contributed by atoms with Crippen molar-refractivity contribution in [1.82, 2.24) is 31.9 Å². The molecule has 18 heteroatoms. The number of nitrogens with two attached hydrogens (primary N) is 1. The minimum absolute atomic E-state index is 0.0304. The molecule has 0 spiro atoms. The first-order chi connectivity index (χ1) is 27.5. The number of carbonyl (C=O) groups excluding carboxylic acids is 6. The van der Waals surface area contributed by atoms with Crippen LogP contribution < -0.4 is 37.6 Å². The van der Waals surface area contributed by atoms with Gasteiger partial charge >= 0.3 is 11.9 Å². The number of primary amides is 1. The average molecular weight is 826 g/mol. The van der Waals surface area contributed by atoms with Crippen molar-refractivity contribution in [1.29, 1.82) is 0 Å². The van der Waals surface area contributed by atoms with Crippen LogP contribution in [0.5, 0.6) is 5.75 Å². The molecule has 0 bridgehead atoms. The number of hydrogen-bond donors (Lipinski definition) is 10. The molecule has 0 saturated carbocycles. The summed E-state index contributed by atoms with van der Waals surface area (Å²) >= 11 is 0. The third-order valence-electron chi connectivity index (χ3n) is 9.06. The zero-order chi connectivity index (χ0) is 44.6. The SMILES string of the molecule is CC(C)[C@H](NC(=O)[C@H](Cc1ccc(O)cc1)NCc1ccccc1)C(=O)N[C@H](C(=O)N[C@@H](CC(N)=O)C(=O)N[C@@H](CC(=O)O)C(=O)N[C@@H](CC(C)(C)C)C(=O)O)C(C)C. The molecule has 0 unspecified atom stereocenters. The first kappa shape index (κ1) is 49.1. The number of benzene rings is 2. The smallest absolute Gasteiger partial charge is 0.326 e. The Kier molecular flexibility index (Phi) is 19.0. The van der Waals surface area contributed by atoms with Gasteiger partial charge in [0.15, 0.2) is 0 Å². The van der Waals surface area contributed by atoms with E-state index in [-0.39, 0.29) is 18.6 Å². The van der Waals surface area contributed by atoms with Gasteiger partial charge in [-0.2, -0.15) is 0 Å². The lowest BCUT2D eigenvalue weighted by Crippen LogP contribution is -2.61. The summed E-state index contributed by atoms with van der Waals surface area (Å²) in [6.45, 7) is 12.1. The maximum absolute atomic E-state index is 13.8. The first-order valence-electron chi connectivity index (χ1n) is 19.3. The summed E-state index contributed by atoms with van der Waals surface area (Å²) in [6, 6.07) is 7.40. The van der Waals surface area contributed by atoms with Gasteiger partial charge < -0.3 is 53.0 Å². The molecule has 18 nitrogen and oxygen atoms in total. The number of phenols is 1. The lowest BCUT2D eigenvalue weighted by molar-refractivity contribution is -0.144. The quantitative estimate of drug-likeness (QED) is 0.0741. The zero-order valence-electron chi connectivity index (χ0n) is 34.5. The van der Waals surface area contributed by atoms with Crippen molar-refractivity contribution in [3.8, 4) is 5.75 Å². The van der Waals surface area contributed by atoms with Gasteiger partial charge in [-0.3, -0.25) is 33.6 Å². The lowest BCUT2D eigenvalue weighted by atomic mass is 9.88. The summed E-state index contributed by atoms with van der Waals surface area (Å²) < 4.78 is 0. The van der Waals surface area contributed by atoms with E-state index in [4.69, 9.17) is 5.73 Å². The van der Waals surface area contributed by atoms with Gasteiger partial charge in [-0.05, 0) is 53.4 Å². The van der Waals surface area contributed by atoms with E-state index in [1.54, 1.807) is 60.6 Å². The zero-order valence-corrected chi connectivity index (χ0v) is 34.5. The van der Waals surface area contributed by atoms with Crippen molar-refractivity contribution < 1.29 is 53.7 Å². The molecule has 2 rings (SSSR count). The second kappa shape index (κ2) is 22.8. The molecule has 0 radical (unpaired) electrons. The lowest BCUT2D eigenvalue weighted by Gasteiger charge is -2.30. The van der Waals surface area contributed by atoms with Crippen LogP contribution in [0.25, 0.3) is 0 Å². The van der Waals surface area contributed by atoms with Gasteiger partial charge in [0.05, 0.1) is 18.9 Å². The molecule has 0 aliphatic carbocycles. The topological polar surface area (TPSA) is 295 Å².